The van der Waals surface area contributed by atoms with Gasteiger partial charge in [0, 0.05) is 32.6 Å². The van der Waals surface area contributed by atoms with Crippen molar-refractivity contribution in [2.75, 3.05) is 40.8 Å². The molecule has 0 saturated carbocycles. The molecule has 0 spiro atoms. The number of aliphatic imine (C=N–C) groups is 1. The van der Waals surface area contributed by atoms with Crippen LogP contribution in [0.5, 0.6) is 5.75 Å². The summed E-state index contributed by atoms with van der Waals surface area (Å²) in [7, 11) is 5.10. The minimum absolute atomic E-state index is 0. The van der Waals surface area contributed by atoms with E-state index >= 15 is 0 Å². The number of nitrogens with one attached hydrogen (secondary N) is 2. The van der Waals surface area contributed by atoms with Gasteiger partial charge in [-0.2, -0.15) is 0 Å². The Morgan fingerprint density at radius 1 is 1.35 bits per heavy atom. The number of amides is 1. The summed E-state index contributed by atoms with van der Waals surface area (Å²) in [5.41, 5.74) is 1.02. The van der Waals surface area contributed by atoms with Crippen molar-refractivity contribution < 1.29 is 9.53 Å². The first-order valence-electron chi connectivity index (χ1n) is 8.28. The molecule has 26 heavy (non-hydrogen) atoms. The van der Waals surface area contributed by atoms with Crippen molar-refractivity contribution >= 4 is 35.8 Å². The summed E-state index contributed by atoms with van der Waals surface area (Å²) < 4.78 is 5.31. The van der Waals surface area contributed by atoms with Gasteiger partial charge in [0.2, 0.25) is 5.91 Å². The minimum Gasteiger partial charge on any atom is -0.497 e. The van der Waals surface area contributed by atoms with Gasteiger partial charge in [0.15, 0.2) is 5.96 Å². The van der Waals surface area contributed by atoms with Crippen LogP contribution in [0, 0.1) is 0 Å². The lowest BCUT2D eigenvalue weighted by Gasteiger charge is -2.27. The smallest absolute Gasteiger partial charge is 0.243 e. The number of guanidine groups is 1. The number of halogens is 1. The lowest BCUT2D eigenvalue weighted by Crippen LogP contribution is -2.44. The molecule has 0 heterocycles. The molecule has 0 radical (unpaired) electrons. The van der Waals surface area contributed by atoms with Crippen LogP contribution in [0.3, 0.4) is 0 Å². The van der Waals surface area contributed by atoms with Crippen LogP contribution in [-0.4, -0.2) is 57.6 Å². The van der Waals surface area contributed by atoms with Gasteiger partial charge in [-0.1, -0.05) is 32.1 Å². The Labute approximate surface area is 174 Å². The third kappa shape index (κ3) is 8.07. The first kappa shape index (κ1) is 24.2. The van der Waals surface area contributed by atoms with E-state index in [1.165, 1.54) is 4.90 Å². The number of carbonyl (C=O) groups excluding carboxylic acids is 1. The van der Waals surface area contributed by atoms with Crippen molar-refractivity contribution in [3.8, 4) is 5.75 Å². The molecule has 1 aromatic rings. The number of likely N-dealkylation sites (N-methyl/N-ethyl adjacent to an activating group) is 1. The third-order valence-corrected chi connectivity index (χ3v) is 3.83. The Bertz CT molecular complexity index is 615. The second kappa shape index (κ2) is 11.8. The first-order chi connectivity index (χ1) is 11.8. The molecule has 1 amide bonds. The topological polar surface area (TPSA) is 66.0 Å². The van der Waals surface area contributed by atoms with Crippen LogP contribution < -0.4 is 15.4 Å². The van der Waals surface area contributed by atoms with Gasteiger partial charge in [-0.05, 0) is 17.7 Å². The molecule has 0 aliphatic carbocycles. The first-order valence-corrected chi connectivity index (χ1v) is 8.28. The van der Waals surface area contributed by atoms with Gasteiger partial charge in [0.1, 0.15) is 12.3 Å². The molecular formula is C19H31IN4O2. The summed E-state index contributed by atoms with van der Waals surface area (Å²) in [5, 5.41) is 6.44. The van der Waals surface area contributed by atoms with E-state index in [9.17, 15) is 4.79 Å². The van der Waals surface area contributed by atoms with E-state index in [2.05, 4.69) is 42.1 Å². The van der Waals surface area contributed by atoms with Crippen LogP contribution in [0.25, 0.3) is 0 Å². The fraction of sp³-hybridized carbons (Fsp3) is 0.474. The number of carbonyl (C=O) groups is 1. The highest BCUT2D eigenvalue weighted by Gasteiger charge is 2.21. The van der Waals surface area contributed by atoms with E-state index in [1.807, 2.05) is 18.2 Å². The van der Waals surface area contributed by atoms with Crippen molar-refractivity contribution in [3.05, 3.63) is 42.5 Å². The van der Waals surface area contributed by atoms with Crippen LogP contribution in [0.2, 0.25) is 0 Å². The zero-order chi connectivity index (χ0) is 18.9. The summed E-state index contributed by atoms with van der Waals surface area (Å²) in [6.07, 6.45) is 1.75. The van der Waals surface area contributed by atoms with E-state index < -0.39 is 0 Å². The van der Waals surface area contributed by atoms with Gasteiger partial charge in [-0.15, -0.1) is 30.6 Å². The van der Waals surface area contributed by atoms with Crippen LogP contribution >= 0.6 is 24.0 Å². The lowest BCUT2D eigenvalue weighted by atomic mass is 9.84. The Hall–Kier alpha value is -1.77. The maximum Gasteiger partial charge on any atom is 0.243 e. The van der Waals surface area contributed by atoms with Crippen LogP contribution in [-0.2, 0) is 10.2 Å². The van der Waals surface area contributed by atoms with Gasteiger partial charge in [0.25, 0.3) is 0 Å². The second-order valence-electron chi connectivity index (χ2n) is 6.59. The van der Waals surface area contributed by atoms with Crippen molar-refractivity contribution in [3.63, 3.8) is 0 Å². The molecule has 0 aliphatic heterocycles. The molecule has 0 aromatic heterocycles. The molecule has 1 aromatic carbocycles. The molecule has 6 nitrogen and oxygen atoms in total. The number of benzene rings is 1. The average molecular weight is 474 g/mol. The predicted molar refractivity (Wildman–Crippen MR) is 119 cm³/mol. The third-order valence-electron chi connectivity index (χ3n) is 3.83. The van der Waals surface area contributed by atoms with Gasteiger partial charge in [0.05, 0.1) is 7.11 Å². The maximum absolute atomic E-state index is 11.7. The van der Waals surface area contributed by atoms with Gasteiger partial charge < -0.3 is 20.3 Å². The van der Waals surface area contributed by atoms with E-state index in [4.69, 9.17) is 4.74 Å². The zero-order valence-electron chi connectivity index (χ0n) is 16.3. The Morgan fingerprint density at radius 3 is 2.62 bits per heavy atom. The summed E-state index contributed by atoms with van der Waals surface area (Å²) in [6, 6.07) is 8.02. The number of hydrogen-bond donors (Lipinski definition) is 2. The Morgan fingerprint density at radius 2 is 2.04 bits per heavy atom. The molecule has 146 valence electrons. The summed E-state index contributed by atoms with van der Waals surface area (Å²) in [6.45, 7) is 9.30. The highest BCUT2D eigenvalue weighted by atomic mass is 127. The number of methoxy groups -OCH3 is 1. The lowest BCUT2D eigenvalue weighted by molar-refractivity contribution is -0.127. The largest absolute Gasteiger partial charge is 0.497 e. The standard InChI is InChI=1S/C19H30N4O2.HI/c1-7-11-20-18(21-13-17(24)23(4)5)22-14-19(2,3)15-9-8-10-16(12-15)25-6;/h7-10,12H,1,11,13-14H2,2-6H3,(H2,20,21,22);1H. The summed E-state index contributed by atoms with van der Waals surface area (Å²) >= 11 is 0. The SMILES string of the molecule is C=CCNC(=NCC(=O)N(C)C)NCC(C)(C)c1cccc(OC)c1.I. The van der Waals surface area contributed by atoms with Crippen molar-refractivity contribution in [2.24, 2.45) is 4.99 Å². The van der Waals surface area contributed by atoms with Crippen molar-refractivity contribution in [2.45, 2.75) is 19.3 Å². The molecule has 0 unspecified atom stereocenters. The van der Waals surface area contributed by atoms with Crippen molar-refractivity contribution in [1.29, 1.82) is 0 Å². The van der Waals surface area contributed by atoms with Gasteiger partial charge in [-0.3, -0.25) is 4.79 Å². The number of ether oxygens (including phenoxy) is 1. The molecular weight excluding hydrogens is 443 g/mol. The van der Waals surface area contributed by atoms with E-state index in [-0.39, 0.29) is 41.8 Å². The molecule has 0 saturated heterocycles. The molecule has 0 bridgehead atoms. The average Bonchev–Trinajstić information content (AvgIpc) is 2.60. The highest BCUT2D eigenvalue weighted by molar-refractivity contribution is 14.0. The Kier molecular flexibility index (Phi) is 11.0. The molecule has 2 N–H and O–H groups in total. The quantitative estimate of drug-likeness (QED) is 0.263. The fourth-order valence-electron chi connectivity index (χ4n) is 2.08. The highest BCUT2D eigenvalue weighted by Crippen LogP contribution is 2.25. The molecule has 0 atom stereocenters. The molecule has 0 fully saturated rings. The molecule has 0 aliphatic rings. The van der Waals surface area contributed by atoms with E-state index in [0.29, 0.717) is 19.0 Å². The zero-order valence-corrected chi connectivity index (χ0v) is 18.7. The summed E-state index contributed by atoms with van der Waals surface area (Å²) in [5.74, 6) is 1.37. The normalized spacial score (nSPS) is 11.2. The van der Waals surface area contributed by atoms with Crippen LogP contribution in [0.4, 0.5) is 0 Å². The monoisotopic (exact) mass is 474 g/mol. The second-order valence-corrected chi connectivity index (χ2v) is 6.59. The Balaban J connectivity index is 0.00000625. The van der Waals surface area contributed by atoms with Gasteiger partial charge >= 0.3 is 0 Å². The number of rotatable bonds is 8. The van der Waals surface area contributed by atoms with Crippen LogP contribution in [0.1, 0.15) is 19.4 Å². The van der Waals surface area contributed by atoms with Gasteiger partial charge in [-0.25, -0.2) is 4.99 Å². The minimum atomic E-state index is -0.142. The van der Waals surface area contributed by atoms with Crippen LogP contribution in [0.15, 0.2) is 41.9 Å². The molecule has 7 heteroatoms. The predicted octanol–water partition coefficient (Wildman–Crippen LogP) is 2.40. The number of hydrogen-bond acceptors (Lipinski definition) is 3. The fourth-order valence-corrected chi connectivity index (χ4v) is 2.08. The van der Waals surface area contributed by atoms with E-state index in [0.717, 1.165) is 11.3 Å². The van der Waals surface area contributed by atoms with Crippen molar-refractivity contribution in [1.82, 2.24) is 15.5 Å². The number of nitrogens with zero attached hydrogens (tertiary/aromatic N) is 2. The van der Waals surface area contributed by atoms with E-state index in [1.54, 1.807) is 27.3 Å². The maximum atomic E-state index is 11.7. The molecule has 1 rings (SSSR count). The summed E-state index contributed by atoms with van der Waals surface area (Å²) in [4.78, 5) is 17.6.